The van der Waals surface area contributed by atoms with E-state index in [1.807, 2.05) is 18.2 Å². The highest BCUT2D eigenvalue weighted by Crippen LogP contribution is 2.34. The van der Waals surface area contributed by atoms with Crippen molar-refractivity contribution in [2.75, 3.05) is 46.0 Å². The number of benzene rings is 1. The zero-order chi connectivity index (χ0) is 13.8. The summed E-state index contributed by atoms with van der Waals surface area (Å²) in [5.41, 5.74) is 1.10. The third-order valence-electron chi connectivity index (χ3n) is 3.94. The van der Waals surface area contributed by atoms with Crippen molar-refractivity contribution in [2.24, 2.45) is 0 Å². The van der Waals surface area contributed by atoms with Crippen LogP contribution in [-0.2, 0) is 0 Å². The molecule has 1 atom stereocenters. The standard InChI is InChI=1S/C15H22N2O3/c18-11-13(17-6-1-4-16-5-7-17)12-2-3-14-15(10-12)20-9-8-19-14/h2-3,10,13,16,18H,1,4-9,11H2. The van der Waals surface area contributed by atoms with E-state index in [4.69, 9.17) is 9.47 Å². The molecule has 0 bridgehead atoms. The van der Waals surface area contributed by atoms with Crippen molar-refractivity contribution in [3.8, 4) is 11.5 Å². The summed E-state index contributed by atoms with van der Waals surface area (Å²) < 4.78 is 11.2. The summed E-state index contributed by atoms with van der Waals surface area (Å²) in [5.74, 6) is 1.59. The molecule has 0 aromatic heterocycles. The third-order valence-corrected chi connectivity index (χ3v) is 3.94. The summed E-state index contributed by atoms with van der Waals surface area (Å²) in [6.07, 6.45) is 1.11. The molecule has 2 heterocycles. The molecular weight excluding hydrogens is 256 g/mol. The van der Waals surface area contributed by atoms with E-state index in [-0.39, 0.29) is 12.6 Å². The van der Waals surface area contributed by atoms with Crippen LogP contribution in [0, 0.1) is 0 Å². The van der Waals surface area contributed by atoms with Gasteiger partial charge in [0.1, 0.15) is 13.2 Å². The molecule has 1 aromatic carbocycles. The molecule has 1 fully saturated rings. The highest BCUT2D eigenvalue weighted by Gasteiger charge is 2.22. The minimum Gasteiger partial charge on any atom is -0.486 e. The zero-order valence-corrected chi connectivity index (χ0v) is 11.7. The van der Waals surface area contributed by atoms with Crippen LogP contribution in [0.4, 0.5) is 0 Å². The summed E-state index contributed by atoms with van der Waals surface area (Å²) >= 11 is 0. The molecule has 0 saturated carbocycles. The van der Waals surface area contributed by atoms with Crippen molar-refractivity contribution in [1.29, 1.82) is 0 Å². The quantitative estimate of drug-likeness (QED) is 0.856. The number of rotatable bonds is 3. The van der Waals surface area contributed by atoms with Gasteiger partial charge >= 0.3 is 0 Å². The molecule has 1 aromatic rings. The molecule has 20 heavy (non-hydrogen) atoms. The molecule has 110 valence electrons. The third kappa shape index (κ3) is 2.90. The molecule has 0 radical (unpaired) electrons. The van der Waals surface area contributed by atoms with Gasteiger partial charge in [0.2, 0.25) is 0 Å². The molecule has 2 aliphatic rings. The van der Waals surface area contributed by atoms with Gasteiger partial charge in [0.25, 0.3) is 0 Å². The summed E-state index contributed by atoms with van der Waals surface area (Å²) in [7, 11) is 0. The average molecular weight is 278 g/mol. The van der Waals surface area contributed by atoms with Gasteiger partial charge in [0.15, 0.2) is 11.5 Å². The van der Waals surface area contributed by atoms with E-state index in [1.54, 1.807) is 0 Å². The lowest BCUT2D eigenvalue weighted by Crippen LogP contribution is -2.34. The zero-order valence-electron chi connectivity index (χ0n) is 11.7. The van der Waals surface area contributed by atoms with Crippen LogP contribution in [0.1, 0.15) is 18.0 Å². The summed E-state index contributed by atoms with van der Waals surface area (Å²) in [4.78, 5) is 2.34. The van der Waals surface area contributed by atoms with Crippen LogP contribution in [-0.4, -0.2) is 56.0 Å². The van der Waals surface area contributed by atoms with Crippen molar-refractivity contribution in [3.05, 3.63) is 23.8 Å². The van der Waals surface area contributed by atoms with Crippen LogP contribution < -0.4 is 14.8 Å². The minimum absolute atomic E-state index is 0.0331. The van der Waals surface area contributed by atoms with Crippen LogP contribution >= 0.6 is 0 Å². The Bertz CT molecular complexity index is 445. The maximum Gasteiger partial charge on any atom is 0.161 e. The Hall–Kier alpha value is -1.30. The molecule has 5 heteroatoms. The fourth-order valence-corrected chi connectivity index (χ4v) is 2.88. The summed E-state index contributed by atoms with van der Waals surface area (Å²) in [6.45, 7) is 5.31. The second kappa shape index (κ2) is 6.43. The molecule has 2 N–H and O–H groups in total. The number of nitrogens with one attached hydrogen (secondary N) is 1. The summed E-state index contributed by atoms with van der Waals surface area (Å²) in [6, 6.07) is 6.02. The molecule has 0 amide bonds. The van der Waals surface area contributed by atoms with Gasteiger partial charge in [-0.15, -0.1) is 0 Å². The summed E-state index contributed by atoms with van der Waals surface area (Å²) in [5, 5.41) is 13.2. The van der Waals surface area contributed by atoms with Crippen molar-refractivity contribution in [1.82, 2.24) is 10.2 Å². The van der Waals surface area contributed by atoms with Gasteiger partial charge in [-0.2, -0.15) is 0 Å². The fourth-order valence-electron chi connectivity index (χ4n) is 2.88. The van der Waals surface area contributed by atoms with Crippen LogP contribution in [0.25, 0.3) is 0 Å². The van der Waals surface area contributed by atoms with Crippen molar-refractivity contribution < 1.29 is 14.6 Å². The number of hydrogen-bond donors (Lipinski definition) is 2. The first kappa shape index (κ1) is 13.7. The Morgan fingerprint density at radius 2 is 2.00 bits per heavy atom. The van der Waals surface area contributed by atoms with Crippen LogP contribution in [0.2, 0.25) is 0 Å². The van der Waals surface area contributed by atoms with Gasteiger partial charge in [-0.25, -0.2) is 0 Å². The maximum atomic E-state index is 9.79. The molecule has 0 spiro atoms. The first-order valence-electron chi connectivity index (χ1n) is 7.33. The molecule has 1 unspecified atom stereocenters. The second-order valence-corrected chi connectivity index (χ2v) is 5.24. The van der Waals surface area contributed by atoms with Gasteiger partial charge in [0.05, 0.1) is 12.6 Å². The van der Waals surface area contributed by atoms with Gasteiger partial charge < -0.3 is 19.9 Å². The highest BCUT2D eigenvalue weighted by atomic mass is 16.6. The molecule has 2 aliphatic heterocycles. The average Bonchev–Trinajstić information content (AvgIpc) is 2.77. The Morgan fingerprint density at radius 1 is 1.15 bits per heavy atom. The molecule has 3 rings (SSSR count). The maximum absolute atomic E-state index is 9.79. The number of aliphatic hydroxyl groups excluding tert-OH is 1. The van der Waals surface area contributed by atoms with Crippen molar-refractivity contribution >= 4 is 0 Å². The number of aliphatic hydroxyl groups is 1. The monoisotopic (exact) mass is 278 g/mol. The first-order chi connectivity index (χ1) is 9.88. The SMILES string of the molecule is OCC(c1ccc2c(c1)OCCO2)N1CCCNCC1. The topological polar surface area (TPSA) is 54.0 Å². The van der Waals surface area contributed by atoms with E-state index in [1.165, 1.54) is 0 Å². The van der Waals surface area contributed by atoms with Crippen LogP contribution in [0.15, 0.2) is 18.2 Å². The molecule has 0 aliphatic carbocycles. The predicted molar refractivity (Wildman–Crippen MR) is 76.3 cm³/mol. The second-order valence-electron chi connectivity index (χ2n) is 5.24. The van der Waals surface area contributed by atoms with E-state index < -0.39 is 0 Å². The number of fused-ring (bicyclic) bond motifs is 1. The van der Waals surface area contributed by atoms with Crippen LogP contribution in [0.3, 0.4) is 0 Å². The lowest BCUT2D eigenvalue weighted by molar-refractivity contribution is 0.128. The molecular formula is C15H22N2O3. The van der Waals surface area contributed by atoms with E-state index >= 15 is 0 Å². The lowest BCUT2D eigenvalue weighted by atomic mass is 10.0. The van der Waals surface area contributed by atoms with E-state index in [2.05, 4.69) is 10.2 Å². The van der Waals surface area contributed by atoms with Crippen molar-refractivity contribution in [3.63, 3.8) is 0 Å². The highest BCUT2D eigenvalue weighted by molar-refractivity contribution is 5.44. The Morgan fingerprint density at radius 3 is 2.85 bits per heavy atom. The van der Waals surface area contributed by atoms with E-state index in [0.29, 0.717) is 13.2 Å². The lowest BCUT2D eigenvalue weighted by Gasteiger charge is -2.30. The Balaban J connectivity index is 1.81. The Labute approximate surface area is 119 Å². The number of nitrogens with zero attached hydrogens (tertiary/aromatic N) is 1. The largest absolute Gasteiger partial charge is 0.486 e. The van der Waals surface area contributed by atoms with Gasteiger partial charge in [-0.3, -0.25) is 4.90 Å². The van der Waals surface area contributed by atoms with Crippen LogP contribution in [0.5, 0.6) is 11.5 Å². The minimum atomic E-state index is 0.0331. The van der Waals surface area contributed by atoms with E-state index in [9.17, 15) is 5.11 Å². The van der Waals surface area contributed by atoms with E-state index in [0.717, 1.165) is 49.7 Å². The molecule has 5 nitrogen and oxygen atoms in total. The predicted octanol–water partition coefficient (Wildman–Crippen LogP) is 0.786. The van der Waals surface area contributed by atoms with Gasteiger partial charge in [-0.05, 0) is 30.7 Å². The first-order valence-corrected chi connectivity index (χ1v) is 7.33. The number of ether oxygens (including phenoxy) is 2. The fraction of sp³-hybridized carbons (Fsp3) is 0.600. The normalized spacial score (nSPS) is 21.2. The Kier molecular flexibility index (Phi) is 4.40. The van der Waals surface area contributed by atoms with Gasteiger partial charge in [-0.1, -0.05) is 6.07 Å². The smallest absolute Gasteiger partial charge is 0.161 e. The molecule has 1 saturated heterocycles. The van der Waals surface area contributed by atoms with Crippen molar-refractivity contribution in [2.45, 2.75) is 12.5 Å². The van der Waals surface area contributed by atoms with Gasteiger partial charge in [0, 0.05) is 19.6 Å². The number of hydrogen-bond acceptors (Lipinski definition) is 5.